The number of carbonyl (C=O) groups is 1. The highest BCUT2D eigenvalue weighted by Crippen LogP contribution is 2.17. The molecule has 1 saturated heterocycles. The van der Waals surface area contributed by atoms with Gasteiger partial charge in [-0.05, 0) is 32.7 Å². The minimum atomic E-state index is 0.123. The van der Waals surface area contributed by atoms with E-state index in [4.69, 9.17) is 5.73 Å². The number of nitrogens with one attached hydrogen (secondary N) is 1. The fraction of sp³-hybridized carbons (Fsp3) is 0.900. The van der Waals surface area contributed by atoms with Crippen molar-refractivity contribution in [2.45, 2.75) is 26.3 Å². The van der Waals surface area contributed by atoms with Crippen molar-refractivity contribution in [2.24, 2.45) is 11.7 Å². The van der Waals surface area contributed by atoms with E-state index in [0.717, 1.165) is 19.5 Å². The molecule has 2 unspecified atom stereocenters. The Kier molecular flexibility index (Phi) is 4.35. The third-order valence-electron chi connectivity index (χ3n) is 2.79. The van der Waals surface area contributed by atoms with Gasteiger partial charge >= 0.3 is 0 Å². The van der Waals surface area contributed by atoms with Crippen LogP contribution in [0, 0.1) is 5.92 Å². The lowest BCUT2D eigenvalue weighted by Gasteiger charge is -2.17. The van der Waals surface area contributed by atoms with E-state index in [-0.39, 0.29) is 11.9 Å². The monoisotopic (exact) mass is 199 g/mol. The number of hydrogen-bond acceptors (Lipinski definition) is 3. The predicted molar refractivity (Wildman–Crippen MR) is 56.9 cm³/mol. The van der Waals surface area contributed by atoms with Crippen molar-refractivity contribution in [3.05, 3.63) is 0 Å². The first kappa shape index (κ1) is 11.5. The van der Waals surface area contributed by atoms with Crippen LogP contribution in [0.5, 0.6) is 0 Å². The highest BCUT2D eigenvalue weighted by atomic mass is 16.2. The Balaban J connectivity index is 2.25. The van der Waals surface area contributed by atoms with Crippen LogP contribution in [0.4, 0.5) is 0 Å². The average Bonchev–Trinajstić information content (AvgIpc) is 2.53. The Bertz CT molecular complexity index is 194. The number of nitrogens with zero attached hydrogens (tertiary/aromatic N) is 1. The molecule has 0 aromatic heterocycles. The molecule has 0 aromatic rings. The summed E-state index contributed by atoms with van der Waals surface area (Å²) in [6, 6.07) is 0.245. The summed E-state index contributed by atoms with van der Waals surface area (Å²) in [5.41, 5.74) is 5.82. The Morgan fingerprint density at radius 1 is 1.71 bits per heavy atom. The molecule has 1 fully saturated rings. The maximum absolute atomic E-state index is 11.3. The molecule has 1 rings (SSSR count). The van der Waals surface area contributed by atoms with E-state index >= 15 is 0 Å². The summed E-state index contributed by atoms with van der Waals surface area (Å²) in [7, 11) is 0. The molecule has 1 amide bonds. The van der Waals surface area contributed by atoms with E-state index < -0.39 is 0 Å². The summed E-state index contributed by atoms with van der Waals surface area (Å²) >= 11 is 0. The van der Waals surface area contributed by atoms with Crippen LogP contribution in [0.1, 0.15) is 20.3 Å². The van der Waals surface area contributed by atoms with Gasteiger partial charge in [-0.1, -0.05) is 0 Å². The maximum Gasteiger partial charge on any atom is 0.234 e. The van der Waals surface area contributed by atoms with Crippen molar-refractivity contribution in [3.63, 3.8) is 0 Å². The largest absolute Gasteiger partial charge is 0.355 e. The Morgan fingerprint density at radius 2 is 2.43 bits per heavy atom. The summed E-state index contributed by atoms with van der Waals surface area (Å²) in [5.74, 6) is 0.683. The molecule has 0 aliphatic carbocycles. The average molecular weight is 199 g/mol. The zero-order chi connectivity index (χ0) is 10.6. The normalized spacial score (nSPS) is 24.9. The van der Waals surface area contributed by atoms with E-state index in [1.54, 1.807) is 0 Å². The molecule has 1 heterocycles. The van der Waals surface area contributed by atoms with Crippen LogP contribution in [0.25, 0.3) is 0 Å². The Labute approximate surface area is 85.8 Å². The van der Waals surface area contributed by atoms with Crippen molar-refractivity contribution < 1.29 is 4.79 Å². The summed E-state index contributed by atoms with van der Waals surface area (Å²) in [6.45, 7) is 7.19. The molecule has 4 nitrogen and oxygen atoms in total. The van der Waals surface area contributed by atoms with Crippen molar-refractivity contribution in [3.8, 4) is 0 Å². The number of likely N-dealkylation sites (tertiary alicyclic amines) is 1. The number of likely N-dealkylation sites (N-methyl/N-ethyl adjacent to an activating group) is 1. The quantitative estimate of drug-likeness (QED) is 0.659. The van der Waals surface area contributed by atoms with Crippen LogP contribution in [0.15, 0.2) is 0 Å². The molecular formula is C10H21N3O. The van der Waals surface area contributed by atoms with Gasteiger partial charge in [0.05, 0.1) is 6.54 Å². The van der Waals surface area contributed by atoms with Gasteiger partial charge in [0.2, 0.25) is 5.91 Å². The fourth-order valence-electron chi connectivity index (χ4n) is 1.89. The number of carbonyl (C=O) groups excluding carboxylic acids is 1. The molecule has 0 spiro atoms. The van der Waals surface area contributed by atoms with Crippen molar-refractivity contribution in [1.82, 2.24) is 10.2 Å². The Morgan fingerprint density at radius 3 is 2.93 bits per heavy atom. The topological polar surface area (TPSA) is 58.4 Å². The zero-order valence-corrected chi connectivity index (χ0v) is 9.12. The van der Waals surface area contributed by atoms with Crippen molar-refractivity contribution in [2.75, 3.05) is 26.2 Å². The van der Waals surface area contributed by atoms with E-state index in [1.807, 2.05) is 13.8 Å². The van der Waals surface area contributed by atoms with E-state index in [9.17, 15) is 4.79 Å². The van der Waals surface area contributed by atoms with Gasteiger partial charge in [-0.25, -0.2) is 0 Å². The number of hydrogen-bond donors (Lipinski definition) is 2. The van der Waals surface area contributed by atoms with Gasteiger partial charge in [0.25, 0.3) is 0 Å². The molecule has 4 heteroatoms. The number of nitrogens with two attached hydrogens (primary N) is 1. The fourth-order valence-corrected chi connectivity index (χ4v) is 1.89. The van der Waals surface area contributed by atoms with Crippen LogP contribution in [0.2, 0.25) is 0 Å². The highest BCUT2D eigenvalue weighted by Gasteiger charge is 2.25. The van der Waals surface area contributed by atoms with Gasteiger partial charge < -0.3 is 11.1 Å². The minimum Gasteiger partial charge on any atom is -0.355 e. The first-order chi connectivity index (χ1) is 6.63. The van der Waals surface area contributed by atoms with Crippen LogP contribution in [-0.4, -0.2) is 43.0 Å². The lowest BCUT2D eigenvalue weighted by molar-refractivity contribution is -0.121. The molecule has 82 valence electrons. The smallest absolute Gasteiger partial charge is 0.234 e. The van der Waals surface area contributed by atoms with Crippen LogP contribution >= 0.6 is 0 Å². The molecule has 1 aliphatic rings. The molecular weight excluding hydrogens is 178 g/mol. The van der Waals surface area contributed by atoms with E-state index in [0.29, 0.717) is 19.0 Å². The molecule has 0 radical (unpaired) electrons. The van der Waals surface area contributed by atoms with Gasteiger partial charge in [0, 0.05) is 19.1 Å². The summed E-state index contributed by atoms with van der Waals surface area (Å²) in [6.07, 6.45) is 1.12. The molecule has 0 aromatic carbocycles. The number of amides is 1. The van der Waals surface area contributed by atoms with Gasteiger partial charge in [-0.15, -0.1) is 0 Å². The second-order valence-corrected chi connectivity index (χ2v) is 4.10. The molecule has 0 bridgehead atoms. The Hall–Kier alpha value is -0.610. The first-order valence-corrected chi connectivity index (χ1v) is 5.38. The second kappa shape index (κ2) is 5.32. The summed E-state index contributed by atoms with van der Waals surface area (Å²) < 4.78 is 0. The van der Waals surface area contributed by atoms with Crippen LogP contribution < -0.4 is 11.1 Å². The van der Waals surface area contributed by atoms with Gasteiger partial charge in [0.1, 0.15) is 0 Å². The van der Waals surface area contributed by atoms with E-state index in [2.05, 4.69) is 10.2 Å². The third-order valence-corrected chi connectivity index (χ3v) is 2.79. The standard InChI is InChI=1S/C10H21N3O/c1-3-12-10(14)7-13-5-4-9(6-13)8(2)11/h8-9H,3-7,11H2,1-2H3,(H,12,14). The summed E-state index contributed by atoms with van der Waals surface area (Å²) in [5, 5.41) is 2.80. The lowest BCUT2D eigenvalue weighted by atomic mass is 10.0. The van der Waals surface area contributed by atoms with Crippen molar-refractivity contribution in [1.29, 1.82) is 0 Å². The van der Waals surface area contributed by atoms with Crippen molar-refractivity contribution >= 4 is 5.91 Å². The third kappa shape index (κ3) is 3.27. The van der Waals surface area contributed by atoms with Gasteiger partial charge in [-0.2, -0.15) is 0 Å². The second-order valence-electron chi connectivity index (χ2n) is 4.10. The molecule has 1 aliphatic heterocycles. The predicted octanol–water partition coefficient (Wildman–Crippen LogP) is -0.208. The van der Waals surface area contributed by atoms with Crippen LogP contribution in [-0.2, 0) is 4.79 Å². The zero-order valence-electron chi connectivity index (χ0n) is 9.12. The molecule has 14 heavy (non-hydrogen) atoms. The first-order valence-electron chi connectivity index (χ1n) is 5.38. The summed E-state index contributed by atoms with van der Waals surface area (Å²) in [4.78, 5) is 13.5. The molecule has 3 N–H and O–H groups in total. The molecule has 2 atom stereocenters. The minimum absolute atomic E-state index is 0.123. The van der Waals surface area contributed by atoms with Gasteiger partial charge in [0.15, 0.2) is 0 Å². The van der Waals surface area contributed by atoms with Crippen LogP contribution in [0.3, 0.4) is 0 Å². The maximum atomic E-state index is 11.3. The van der Waals surface area contributed by atoms with Gasteiger partial charge in [-0.3, -0.25) is 9.69 Å². The number of rotatable bonds is 4. The SMILES string of the molecule is CCNC(=O)CN1CCC(C(C)N)C1. The lowest BCUT2D eigenvalue weighted by Crippen LogP contribution is -2.37. The highest BCUT2D eigenvalue weighted by molar-refractivity contribution is 5.77. The molecule has 0 saturated carbocycles. The van der Waals surface area contributed by atoms with E-state index in [1.165, 1.54) is 0 Å².